The highest BCUT2D eigenvalue weighted by Gasteiger charge is 2.07. The van der Waals surface area contributed by atoms with E-state index in [4.69, 9.17) is 1.37 Å². The first-order valence-electron chi connectivity index (χ1n) is 7.49. The van der Waals surface area contributed by atoms with Gasteiger partial charge in [0, 0.05) is 24.2 Å². The van der Waals surface area contributed by atoms with E-state index < -0.39 is 0 Å². The molecule has 1 heterocycles. The quantitative estimate of drug-likeness (QED) is 0.655. The van der Waals surface area contributed by atoms with Crippen molar-refractivity contribution in [2.75, 3.05) is 10.6 Å². The Balaban J connectivity index is 1.67. The highest BCUT2D eigenvalue weighted by Crippen LogP contribution is 2.22. The normalized spacial score (nSPS) is 11.1. The SMILES string of the molecule is [2H]CCc1ccc(NC(=O)Nc2c[nH]c3ccccc23)cc1. The molecule has 4 heteroatoms. The molecule has 3 aromatic rings. The lowest BCUT2D eigenvalue weighted by molar-refractivity contribution is 0.262. The highest BCUT2D eigenvalue weighted by atomic mass is 16.2. The summed E-state index contributed by atoms with van der Waals surface area (Å²) in [5.74, 6) is 0. The molecule has 0 unspecified atom stereocenters. The summed E-state index contributed by atoms with van der Waals surface area (Å²) in [6, 6.07) is 15.1. The Kier molecular flexibility index (Phi) is 3.27. The summed E-state index contributed by atoms with van der Waals surface area (Å²) in [4.78, 5) is 15.2. The number of urea groups is 1. The second-order valence-electron chi connectivity index (χ2n) is 4.77. The minimum atomic E-state index is -0.280. The van der Waals surface area contributed by atoms with Crippen LogP contribution in [0.15, 0.2) is 54.7 Å². The zero-order chi connectivity index (χ0) is 15.4. The standard InChI is InChI=1S/C17H17N3O/c1-2-12-7-9-13(10-8-12)19-17(21)20-16-11-18-15-6-4-3-5-14(15)16/h3-11,18H,2H2,1H3,(H2,19,20,21)/i1D. The molecule has 0 spiro atoms. The highest BCUT2D eigenvalue weighted by molar-refractivity contribution is 6.05. The molecule has 3 N–H and O–H groups in total. The fraction of sp³-hybridized carbons (Fsp3) is 0.118. The summed E-state index contributed by atoms with van der Waals surface area (Å²) in [6.07, 6.45) is 2.50. The van der Waals surface area contributed by atoms with Crippen molar-refractivity contribution in [3.63, 3.8) is 0 Å². The second kappa shape index (κ2) is 5.71. The molecule has 0 saturated heterocycles. The summed E-state index contributed by atoms with van der Waals surface area (Å²) in [7, 11) is 0. The Morgan fingerprint density at radius 1 is 1.14 bits per heavy atom. The molecule has 2 amide bonds. The van der Waals surface area contributed by atoms with E-state index >= 15 is 0 Å². The zero-order valence-corrected chi connectivity index (χ0v) is 11.5. The number of carbonyl (C=O) groups excluding carboxylic acids is 1. The molecule has 0 radical (unpaired) electrons. The number of para-hydroxylation sites is 1. The summed E-state index contributed by atoms with van der Waals surface area (Å²) in [5, 5.41) is 6.62. The van der Waals surface area contributed by atoms with Gasteiger partial charge in [0.1, 0.15) is 0 Å². The Morgan fingerprint density at radius 2 is 1.95 bits per heavy atom. The van der Waals surface area contributed by atoms with Crippen molar-refractivity contribution in [3.05, 3.63) is 60.3 Å². The fourth-order valence-electron chi connectivity index (χ4n) is 2.21. The predicted octanol–water partition coefficient (Wildman–Crippen LogP) is 4.37. The smallest absolute Gasteiger partial charge is 0.323 e. The lowest BCUT2D eigenvalue weighted by Crippen LogP contribution is -2.19. The molecule has 0 atom stereocenters. The van der Waals surface area contributed by atoms with Gasteiger partial charge in [-0.1, -0.05) is 37.2 Å². The summed E-state index contributed by atoms with van der Waals surface area (Å²) in [5.41, 5.74) is 3.56. The lowest BCUT2D eigenvalue weighted by Gasteiger charge is -2.07. The Bertz CT molecular complexity index is 780. The number of hydrogen-bond donors (Lipinski definition) is 3. The van der Waals surface area contributed by atoms with Crippen LogP contribution in [-0.2, 0) is 6.42 Å². The van der Waals surface area contributed by atoms with Crippen LogP contribution in [0.4, 0.5) is 16.2 Å². The van der Waals surface area contributed by atoms with Crippen LogP contribution in [0.3, 0.4) is 0 Å². The average Bonchev–Trinajstić information content (AvgIpc) is 2.93. The van der Waals surface area contributed by atoms with E-state index in [9.17, 15) is 4.79 Å². The third-order valence-corrected chi connectivity index (χ3v) is 3.34. The van der Waals surface area contributed by atoms with E-state index in [-0.39, 0.29) is 6.03 Å². The Morgan fingerprint density at radius 3 is 2.76 bits per heavy atom. The zero-order valence-electron chi connectivity index (χ0n) is 12.5. The number of aromatic nitrogens is 1. The van der Waals surface area contributed by atoms with Crippen LogP contribution in [0.25, 0.3) is 10.9 Å². The van der Waals surface area contributed by atoms with Gasteiger partial charge in [-0.05, 0) is 30.2 Å². The molecule has 0 aliphatic rings. The summed E-state index contributed by atoms with van der Waals surface area (Å²) >= 11 is 0. The molecule has 4 nitrogen and oxygen atoms in total. The van der Waals surface area contributed by atoms with Crippen molar-refractivity contribution in [2.45, 2.75) is 13.3 Å². The van der Waals surface area contributed by atoms with Gasteiger partial charge in [0.25, 0.3) is 0 Å². The van der Waals surface area contributed by atoms with E-state index in [0.717, 1.165) is 34.3 Å². The van der Waals surface area contributed by atoms with Crippen LogP contribution >= 0.6 is 0 Å². The molecule has 0 bridgehead atoms. The first-order valence-corrected chi connectivity index (χ1v) is 6.78. The van der Waals surface area contributed by atoms with Crippen molar-refractivity contribution in [2.24, 2.45) is 0 Å². The van der Waals surface area contributed by atoms with Crippen LogP contribution in [0.2, 0.25) is 0 Å². The Hall–Kier alpha value is -2.75. The molecule has 0 aliphatic carbocycles. The molecule has 106 valence electrons. The van der Waals surface area contributed by atoms with Crippen molar-refractivity contribution in [1.82, 2.24) is 4.98 Å². The number of fused-ring (bicyclic) bond motifs is 1. The third-order valence-electron chi connectivity index (χ3n) is 3.34. The second-order valence-corrected chi connectivity index (χ2v) is 4.77. The van der Waals surface area contributed by atoms with Crippen LogP contribution in [-0.4, -0.2) is 11.0 Å². The van der Waals surface area contributed by atoms with Gasteiger partial charge in [0.05, 0.1) is 5.69 Å². The average molecular weight is 280 g/mol. The van der Waals surface area contributed by atoms with E-state index in [1.165, 1.54) is 0 Å². The van der Waals surface area contributed by atoms with Gasteiger partial charge in [0.15, 0.2) is 0 Å². The topological polar surface area (TPSA) is 56.9 Å². The maximum atomic E-state index is 12.1. The van der Waals surface area contributed by atoms with Gasteiger partial charge in [-0.3, -0.25) is 0 Å². The molecule has 1 aromatic heterocycles. The largest absolute Gasteiger partial charge is 0.359 e. The number of amides is 2. The fourth-order valence-corrected chi connectivity index (χ4v) is 2.21. The Labute approximate surface area is 124 Å². The maximum Gasteiger partial charge on any atom is 0.323 e. The van der Waals surface area contributed by atoms with E-state index in [0.29, 0.717) is 6.90 Å². The number of anilines is 2. The number of rotatable bonds is 3. The minimum absolute atomic E-state index is 0.280. The van der Waals surface area contributed by atoms with Gasteiger partial charge in [0.2, 0.25) is 0 Å². The first-order chi connectivity index (χ1) is 10.8. The molecule has 0 aliphatic heterocycles. The van der Waals surface area contributed by atoms with Gasteiger partial charge >= 0.3 is 6.03 Å². The van der Waals surface area contributed by atoms with Crippen molar-refractivity contribution < 1.29 is 6.17 Å². The third kappa shape index (κ3) is 2.89. The van der Waals surface area contributed by atoms with Gasteiger partial charge in [-0.25, -0.2) is 4.79 Å². The maximum absolute atomic E-state index is 12.1. The van der Waals surface area contributed by atoms with Crippen LogP contribution in [0, 0.1) is 0 Å². The van der Waals surface area contributed by atoms with E-state index in [1.807, 2.05) is 48.5 Å². The first kappa shape index (κ1) is 12.0. The van der Waals surface area contributed by atoms with Gasteiger partial charge in [-0.15, -0.1) is 0 Å². The van der Waals surface area contributed by atoms with Crippen LogP contribution < -0.4 is 10.6 Å². The molecular weight excluding hydrogens is 262 g/mol. The predicted molar refractivity (Wildman–Crippen MR) is 86.8 cm³/mol. The molecule has 0 saturated carbocycles. The number of carbonyl (C=O) groups is 1. The van der Waals surface area contributed by atoms with Crippen molar-refractivity contribution >= 4 is 28.3 Å². The van der Waals surface area contributed by atoms with Crippen molar-refractivity contribution in [1.29, 1.82) is 0 Å². The van der Waals surface area contributed by atoms with Gasteiger partial charge in [-0.2, -0.15) is 0 Å². The number of benzene rings is 2. The number of nitrogens with one attached hydrogen (secondary N) is 3. The van der Waals surface area contributed by atoms with Crippen LogP contribution in [0.1, 0.15) is 13.8 Å². The number of aromatic amines is 1. The number of hydrogen-bond acceptors (Lipinski definition) is 1. The lowest BCUT2D eigenvalue weighted by atomic mass is 10.1. The number of aryl methyl sites for hydroxylation is 1. The molecule has 2 aromatic carbocycles. The minimum Gasteiger partial charge on any atom is -0.359 e. The summed E-state index contributed by atoms with van der Waals surface area (Å²) < 4.78 is 7.20. The molecular formula is C17H17N3O. The van der Waals surface area contributed by atoms with E-state index in [1.54, 1.807) is 6.20 Å². The van der Waals surface area contributed by atoms with Crippen LogP contribution in [0.5, 0.6) is 0 Å². The van der Waals surface area contributed by atoms with E-state index in [2.05, 4.69) is 15.6 Å². The molecule has 21 heavy (non-hydrogen) atoms. The summed E-state index contributed by atoms with van der Waals surface area (Å²) in [6.45, 7) is 0.369. The molecule has 3 rings (SSSR count). The number of H-pyrrole nitrogens is 1. The van der Waals surface area contributed by atoms with Crippen molar-refractivity contribution in [3.8, 4) is 0 Å². The van der Waals surface area contributed by atoms with Gasteiger partial charge < -0.3 is 15.6 Å². The monoisotopic (exact) mass is 280 g/mol. The molecule has 0 fully saturated rings.